The van der Waals surface area contributed by atoms with E-state index in [4.69, 9.17) is 0 Å². The quantitative estimate of drug-likeness (QED) is 0.596. The van der Waals surface area contributed by atoms with Crippen LogP contribution in [0.2, 0.25) is 0 Å². The number of rotatable bonds is 7. The molecule has 0 aliphatic carbocycles. The molecule has 0 saturated carbocycles. The van der Waals surface area contributed by atoms with Gasteiger partial charge in [-0.2, -0.15) is 0 Å². The summed E-state index contributed by atoms with van der Waals surface area (Å²) in [6.07, 6.45) is 1.52. The van der Waals surface area contributed by atoms with Crippen molar-refractivity contribution in [3.63, 3.8) is 0 Å². The highest BCUT2D eigenvalue weighted by atomic mass is 19.2. The van der Waals surface area contributed by atoms with Gasteiger partial charge in [0.1, 0.15) is 0 Å². The molecule has 4 nitrogen and oxygen atoms in total. The Morgan fingerprint density at radius 3 is 2.32 bits per heavy atom. The van der Waals surface area contributed by atoms with E-state index < -0.39 is 34.8 Å². The fraction of sp³-hybridized carbons (Fsp3) is 0.222. The Bertz CT molecular complexity index is 751. The lowest BCUT2D eigenvalue weighted by Gasteiger charge is -2.08. The molecule has 0 fully saturated rings. The van der Waals surface area contributed by atoms with Gasteiger partial charge in [0.15, 0.2) is 17.5 Å². The highest BCUT2D eigenvalue weighted by Gasteiger charge is 2.19. The van der Waals surface area contributed by atoms with Crippen molar-refractivity contribution < 1.29 is 22.8 Å². The Morgan fingerprint density at radius 2 is 1.60 bits per heavy atom. The molecule has 2 amide bonds. The molecular formula is C18H17F3N2O2. The molecule has 0 atom stereocenters. The first-order valence-electron chi connectivity index (χ1n) is 7.71. The molecule has 132 valence electrons. The van der Waals surface area contributed by atoms with Crippen LogP contribution in [-0.4, -0.2) is 24.9 Å². The van der Waals surface area contributed by atoms with Gasteiger partial charge < -0.3 is 10.6 Å². The van der Waals surface area contributed by atoms with Crippen molar-refractivity contribution >= 4 is 11.8 Å². The first-order valence-corrected chi connectivity index (χ1v) is 7.71. The summed E-state index contributed by atoms with van der Waals surface area (Å²) in [6, 6.07) is 11.2. The van der Waals surface area contributed by atoms with Gasteiger partial charge in [-0.05, 0) is 30.5 Å². The van der Waals surface area contributed by atoms with Crippen LogP contribution < -0.4 is 10.6 Å². The average Bonchev–Trinajstić information content (AvgIpc) is 2.62. The second kappa shape index (κ2) is 8.86. The number of amides is 2. The number of aryl methyl sites for hydroxylation is 1. The van der Waals surface area contributed by atoms with Gasteiger partial charge in [-0.15, -0.1) is 0 Å². The monoisotopic (exact) mass is 350 g/mol. The van der Waals surface area contributed by atoms with E-state index >= 15 is 0 Å². The molecule has 2 rings (SSSR count). The molecule has 0 aliphatic heterocycles. The van der Waals surface area contributed by atoms with E-state index in [-0.39, 0.29) is 6.54 Å². The van der Waals surface area contributed by atoms with Gasteiger partial charge in [-0.3, -0.25) is 9.59 Å². The van der Waals surface area contributed by atoms with E-state index in [0.717, 1.165) is 24.5 Å². The van der Waals surface area contributed by atoms with Crippen LogP contribution in [0.3, 0.4) is 0 Å². The zero-order valence-corrected chi connectivity index (χ0v) is 13.3. The molecule has 25 heavy (non-hydrogen) atoms. The van der Waals surface area contributed by atoms with Crippen molar-refractivity contribution in [3.05, 3.63) is 71.0 Å². The summed E-state index contributed by atoms with van der Waals surface area (Å²) in [6.45, 7) is 0.0335. The second-order valence-electron chi connectivity index (χ2n) is 5.34. The Hall–Kier alpha value is -2.83. The fourth-order valence-corrected chi connectivity index (χ4v) is 2.18. The lowest BCUT2D eigenvalue weighted by atomic mass is 10.1. The van der Waals surface area contributed by atoms with Gasteiger partial charge in [0.25, 0.3) is 5.91 Å². The summed E-state index contributed by atoms with van der Waals surface area (Å²) < 4.78 is 39.4. The average molecular weight is 350 g/mol. The molecule has 7 heteroatoms. The molecule has 0 bridgehead atoms. The minimum absolute atomic E-state index is 0.386. The number of halogens is 3. The van der Waals surface area contributed by atoms with E-state index in [2.05, 4.69) is 10.6 Å². The minimum Gasteiger partial charge on any atom is -0.355 e. The third-order valence-corrected chi connectivity index (χ3v) is 3.50. The topological polar surface area (TPSA) is 58.2 Å². The van der Waals surface area contributed by atoms with Crippen molar-refractivity contribution in [2.24, 2.45) is 0 Å². The molecule has 2 N–H and O–H groups in total. The van der Waals surface area contributed by atoms with E-state index in [0.29, 0.717) is 12.6 Å². The van der Waals surface area contributed by atoms with Crippen LogP contribution in [0.15, 0.2) is 42.5 Å². The summed E-state index contributed by atoms with van der Waals surface area (Å²) in [5.74, 6) is -6.13. The van der Waals surface area contributed by atoms with Gasteiger partial charge in [0.05, 0.1) is 12.1 Å². The van der Waals surface area contributed by atoms with Crippen LogP contribution in [0.5, 0.6) is 0 Å². The van der Waals surface area contributed by atoms with Crippen LogP contribution in [0.1, 0.15) is 22.3 Å². The summed E-state index contributed by atoms with van der Waals surface area (Å²) in [5, 5.41) is 4.78. The van der Waals surface area contributed by atoms with Gasteiger partial charge in [0, 0.05) is 6.54 Å². The second-order valence-corrected chi connectivity index (χ2v) is 5.34. The zero-order valence-electron chi connectivity index (χ0n) is 13.3. The first kappa shape index (κ1) is 18.5. The predicted molar refractivity (Wildman–Crippen MR) is 86.4 cm³/mol. The van der Waals surface area contributed by atoms with E-state index in [1.54, 1.807) is 0 Å². The SMILES string of the molecule is O=C(CNC(=O)c1ccc(F)c(F)c1F)NCCCc1ccccc1. The summed E-state index contributed by atoms with van der Waals surface area (Å²) in [5.41, 5.74) is 0.495. The molecule has 0 aromatic heterocycles. The maximum atomic E-state index is 13.5. The third kappa shape index (κ3) is 5.34. The van der Waals surface area contributed by atoms with Crippen LogP contribution in [-0.2, 0) is 11.2 Å². The predicted octanol–water partition coefficient (Wildman–Crippen LogP) is 2.58. The molecule has 0 spiro atoms. The Balaban J connectivity index is 1.73. The number of benzene rings is 2. The van der Waals surface area contributed by atoms with E-state index in [1.807, 2.05) is 30.3 Å². The van der Waals surface area contributed by atoms with Crippen LogP contribution >= 0.6 is 0 Å². The van der Waals surface area contributed by atoms with Crippen molar-refractivity contribution in [1.29, 1.82) is 0 Å². The van der Waals surface area contributed by atoms with Gasteiger partial charge in [0.2, 0.25) is 5.91 Å². The fourth-order valence-electron chi connectivity index (χ4n) is 2.18. The van der Waals surface area contributed by atoms with Gasteiger partial charge in [-0.25, -0.2) is 13.2 Å². The molecule has 0 aliphatic rings. The largest absolute Gasteiger partial charge is 0.355 e. The van der Waals surface area contributed by atoms with Gasteiger partial charge in [-0.1, -0.05) is 30.3 Å². The molecule has 0 saturated heterocycles. The van der Waals surface area contributed by atoms with Crippen molar-refractivity contribution in [2.75, 3.05) is 13.1 Å². The highest BCUT2D eigenvalue weighted by Crippen LogP contribution is 2.14. The normalized spacial score (nSPS) is 10.4. The molecule has 0 radical (unpaired) electrons. The molecule has 0 unspecified atom stereocenters. The Labute approximate surface area is 143 Å². The lowest BCUT2D eigenvalue weighted by Crippen LogP contribution is -2.37. The first-order chi connectivity index (χ1) is 12.0. The van der Waals surface area contributed by atoms with Crippen LogP contribution in [0.4, 0.5) is 13.2 Å². The van der Waals surface area contributed by atoms with E-state index in [1.165, 1.54) is 0 Å². The lowest BCUT2D eigenvalue weighted by molar-refractivity contribution is -0.120. The highest BCUT2D eigenvalue weighted by molar-refractivity contribution is 5.96. The van der Waals surface area contributed by atoms with Crippen molar-refractivity contribution in [1.82, 2.24) is 10.6 Å². The standard InChI is InChI=1S/C18H17F3N2O2/c19-14-9-8-13(16(20)17(14)21)18(25)23-11-15(24)22-10-4-7-12-5-2-1-3-6-12/h1-3,5-6,8-9H,4,7,10-11H2,(H,22,24)(H,23,25). The number of hydrogen-bond acceptors (Lipinski definition) is 2. The molecule has 0 heterocycles. The van der Waals surface area contributed by atoms with Crippen molar-refractivity contribution in [2.45, 2.75) is 12.8 Å². The Kier molecular flexibility index (Phi) is 6.56. The van der Waals surface area contributed by atoms with Gasteiger partial charge >= 0.3 is 0 Å². The van der Waals surface area contributed by atoms with Crippen LogP contribution in [0.25, 0.3) is 0 Å². The van der Waals surface area contributed by atoms with Crippen molar-refractivity contribution in [3.8, 4) is 0 Å². The zero-order chi connectivity index (χ0) is 18.2. The number of hydrogen-bond donors (Lipinski definition) is 2. The maximum Gasteiger partial charge on any atom is 0.254 e. The summed E-state index contributed by atoms with van der Waals surface area (Å²) in [4.78, 5) is 23.4. The Morgan fingerprint density at radius 1 is 0.880 bits per heavy atom. The van der Waals surface area contributed by atoms with E-state index in [9.17, 15) is 22.8 Å². The maximum absolute atomic E-state index is 13.5. The summed E-state index contributed by atoms with van der Waals surface area (Å²) >= 11 is 0. The van der Waals surface area contributed by atoms with Crippen LogP contribution in [0, 0.1) is 17.5 Å². The molecule has 2 aromatic rings. The molecule has 2 aromatic carbocycles. The summed E-state index contributed by atoms with van der Waals surface area (Å²) in [7, 11) is 0. The number of nitrogens with one attached hydrogen (secondary N) is 2. The minimum atomic E-state index is -1.72. The number of carbonyl (C=O) groups is 2. The third-order valence-electron chi connectivity index (χ3n) is 3.50. The number of carbonyl (C=O) groups excluding carboxylic acids is 2. The molecular weight excluding hydrogens is 333 g/mol. The smallest absolute Gasteiger partial charge is 0.254 e.